The van der Waals surface area contributed by atoms with E-state index in [-0.39, 0.29) is 35.4 Å². The van der Waals surface area contributed by atoms with E-state index >= 15 is 0 Å². The van der Waals surface area contributed by atoms with E-state index < -0.39 is 0 Å². The topological polar surface area (TPSA) is 80.7 Å². The SMILES string of the molecule is COc1cc(/C=C2/C(C)=C(CC(=O)NCc3cccnc3)c3cc(F)ccc32)cc(OC)c1O. The van der Waals surface area contributed by atoms with Crippen LogP contribution in [0, 0.1) is 5.82 Å². The fraction of sp³-hybridized carbons (Fsp3) is 0.185. The summed E-state index contributed by atoms with van der Waals surface area (Å²) in [6.45, 7) is 2.28. The summed E-state index contributed by atoms with van der Waals surface area (Å²) in [7, 11) is 2.93. The number of phenols is 1. The van der Waals surface area contributed by atoms with Crippen LogP contribution in [0.3, 0.4) is 0 Å². The maximum Gasteiger partial charge on any atom is 0.224 e. The molecule has 3 aromatic rings. The van der Waals surface area contributed by atoms with Gasteiger partial charge in [0.2, 0.25) is 11.7 Å². The van der Waals surface area contributed by atoms with Crippen LogP contribution in [0.4, 0.5) is 4.39 Å². The lowest BCUT2D eigenvalue weighted by Crippen LogP contribution is -2.22. The molecule has 1 aliphatic carbocycles. The summed E-state index contributed by atoms with van der Waals surface area (Å²) in [6.07, 6.45) is 5.40. The fourth-order valence-corrected chi connectivity index (χ4v) is 4.07. The third-order valence-corrected chi connectivity index (χ3v) is 5.82. The number of methoxy groups -OCH3 is 2. The lowest BCUT2D eigenvalue weighted by molar-refractivity contribution is -0.120. The number of aromatic nitrogens is 1. The van der Waals surface area contributed by atoms with E-state index in [4.69, 9.17) is 9.47 Å². The lowest BCUT2D eigenvalue weighted by atomic mass is 10.00. The van der Waals surface area contributed by atoms with Gasteiger partial charge in [-0.2, -0.15) is 0 Å². The minimum atomic E-state index is -0.367. The van der Waals surface area contributed by atoms with Crippen LogP contribution in [0.1, 0.15) is 35.6 Å². The number of nitrogens with zero attached hydrogens (tertiary/aromatic N) is 1. The molecule has 7 heteroatoms. The van der Waals surface area contributed by atoms with Crippen molar-refractivity contribution in [2.45, 2.75) is 19.9 Å². The molecule has 4 rings (SSSR count). The number of phenolic OH excluding ortho intramolecular Hbond substituents is 1. The van der Waals surface area contributed by atoms with Crippen molar-refractivity contribution in [3.8, 4) is 17.2 Å². The van der Waals surface area contributed by atoms with Crippen LogP contribution in [-0.4, -0.2) is 30.2 Å². The molecule has 6 nitrogen and oxygen atoms in total. The van der Waals surface area contributed by atoms with Gasteiger partial charge in [-0.05, 0) is 82.3 Å². The number of amides is 1. The Labute approximate surface area is 197 Å². The molecule has 0 aliphatic heterocycles. The summed E-state index contributed by atoms with van der Waals surface area (Å²) >= 11 is 0. The normalized spacial score (nSPS) is 13.7. The van der Waals surface area contributed by atoms with Crippen molar-refractivity contribution < 1.29 is 23.8 Å². The minimum Gasteiger partial charge on any atom is -0.502 e. The van der Waals surface area contributed by atoms with Crippen LogP contribution in [0.15, 0.2) is 60.4 Å². The molecular formula is C27H25FN2O4. The zero-order valence-electron chi connectivity index (χ0n) is 19.2. The average molecular weight is 461 g/mol. The van der Waals surface area contributed by atoms with Crippen LogP contribution >= 0.6 is 0 Å². The molecule has 174 valence electrons. The van der Waals surface area contributed by atoms with Gasteiger partial charge in [0, 0.05) is 18.9 Å². The van der Waals surface area contributed by atoms with Crippen molar-refractivity contribution in [3.05, 3.63) is 88.5 Å². The molecule has 0 atom stereocenters. The van der Waals surface area contributed by atoms with Gasteiger partial charge in [0.15, 0.2) is 11.5 Å². The predicted octanol–water partition coefficient (Wildman–Crippen LogP) is 4.98. The zero-order valence-corrected chi connectivity index (χ0v) is 19.2. The molecule has 0 spiro atoms. The molecule has 2 aromatic carbocycles. The highest BCUT2D eigenvalue weighted by molar-refractivity contribution is 6.08. The fourth-order valence-electron chi connectivity index (χ4n) is 4.07. The Kier molecular flexibility index (Phi) is 6.63. The Morgan fingerprint density at radius 1 is 1.12 bits per heavy atom. The standard InChI is InChI=1S/C27H25FN2O4/c1-16-21(9-18-10-24(33-2)27(32)25(11-18)34-3)20-7-6-19(28)12-23(20)22(16)13-26(31)30-15-17-5-4-8-29-14-17/h4-12,14,32H,13,15H2,1-3H3,(H,30,31)/b21-9-. The molecule has 0 bridgehead atoms. The lowest BCUT2D eigenvalue weighted by Gasteiger charge is -2.11. The number of pyridine rings is 1. The number of carbonyl (C=O) groups excluding carboxylic acids is 1. The number of hydrogen-bond acceptors (Lipinski definition) is 5. The quantitative estimate of drug-likeness (QED) is 0.520. The second kappa shape index (κ2) is 9.79. The zero-order chi connectivity index (χ0) is 24.2. The summed E-state index contributed by atoms with van der Waals surface area (Å²) in [5, 5.41) is 13.1. The highest BCUT2D eigenvalue weighted by Crippen LogP contribution is 2.45. The maximum atomic E-state index is 14.2. The number of ether oxygens (including phenoxy) is 2. The monoisotopic (exact) mass is 460 g/mol. The van der Waals surface area contributed by atoms with Gasteiger partial charge in [-0.1, -0.05) is 12.1 Å². The van der Waals surface area contributed by atoms with E-state index in [2.05, 4.69) is 10.3 Å². The number of rotatable bonds is 7. The van der Waals surface area contributed by atoms with E-state index in [0.29, 0.717) is 12.1 Å². The third-order valence-electron chi connectivity index (χ3n) is 5.82. The number of fused-ring (bicyclic) bond motifs is 1. The van der Waals surface area contributed by atoms with Crippen molar-refractivity contribution in [1.82, 2.24) is 10.3 Å². The first-order chi connectivity index (χ1) is 16.4. The van der Waals surface area contributed by atoms with Gasteiger partial charge in [-0.3, -0.25) is 9.78 Å². The summed E-state index contributed by atoms with van der Waals surface area (Å²) < 4.78 is 24.7. The average Bonchev–Trinajstić information content (AvgIpc) is 3.09. The molecule has 1 aromatic heterocycles. The smallest absolute Gasteiger partial charge is 0.224 e. The van der Waals surface area contributed by atoms with E-state index in [1.165, 1.54) is 26.4 Å². The summed E-state index contributed by atoms with van der Waals surface area (Å²) in [6, 6.07) is 11.7. The maximum absolute atomic E-state index is 14.2. The highest BCUT2D eigenvalue weighted by atomic mass is 19.1. The molecule has 0 radical (unpaired) electrons. The van der Waals surface area contributed by atoms with Crippen LogP contribution in [-0.2, 0) is 11.3 Å². The molecule has 0 saturated carbocycles. The van der Waals surface area contributed by atoms with Gasteiger partial charge in [-0.15, -0.1) is 0 Å². The first kappa shape index (κ1) is 23.0. The van der Waals surface area contributed by atoms with Crippen molar-refractivity contribution >= 4 is 23.1 Å². The Morgan fingerprint density at radius 3 is 2.50 bits per heavy atom. The van der Waals surface area contributed by atoms with Crippen LogP contribution < -0.4 is 14.8 Å². The largest absolute Gasteiger partial charge is 0.502 e. The van der Waals surface area contributed by atoms with Crippen molar-refractivity contribution in [2.24, 2.45) is 0 Å². The molecule has 1 aliphatic rings. The van der Waals surface area contributed by atoms with Crippen LogP contribution in [0.2, 0.25) is 0 Å². The molecule has 0 saturated heterocycles. The summed E-state index contributed by atoms with van der Waals surface area (Å²) in [4.78, 5) is 16.8. The van der Waals surface area contributed by atoms with Crippen LogP contribution in [0.25, 0.3) is 17.2 Å². The van der Waals surface area contributed by atoms with Gasteiger partial charge in [0.1, 0.15) is 5.82 Å². The number of halogens is 1. The second-order valence-corrected chi connectivity index (χ2v) is 7.94. The predicted molar refractivity (Wildman–Crippen MR) is 129 cm³/mol. The van der Waals surface area contributed by atoms with Gasteiger partial charge >= 0.3 is 0 Å². The van der Waals surface area contributed by atoms with Gasteiger partial charge in [-0.25, -0.2) is 4.39 Å². The van der Waals surface area contributed by atoms with E-state index in [1.807, 2.05) is 25.1 Å². The number of aromatic hydroxyl groups is 1. The number of benzene rings is 2. The van der Waals surface area contributed by atoms with Gasteiger partial charge in [0.25, 0.3) is 0 Å². The first-order valence-corrected chi connectivity index (χ1v) is 10.7. The minimum absolute atomic E-state index is 0.0840. The molecular weight excluding hydrogens is 435 g/mol. The number of hydrogen-bond donors (Lipinski definition) is 2. The number of nitrogens with one attached hydrogen (secondary N) is 1. The van der Waals surface area contributed by atoms with Crippen LogP contribution in [0.5, 0.6) is 17.2 Å². The van der Waals surface area contributed by atoms with E-state index in [9.17, 15) is 14.3 Å². The van der Waals surface area contributed by atoms with Crippen molar-refractivity contribution in [1.29, 1.82) is 0 Å². The molecule has 2 N–H and O–H groups in total. The van der Waals surface area contributed by atoms with Crippen molar-refractivity contribution in [2.75, 3.05) is 14.2 Å². The summed E-state index contributed by atoms with van der Waals surface area (Å²) in [5.41, 5.74) is 5.66. The Hall–Kier alpha value is -4.13. The Bertz CT molecular complexity index is 1270. The summed E-state index contributed by atoms with van der Waals surface area (Å²) in [5.74, 6) is -0.0590. The third kappa shape index (κ3) is 4.64. The second-order valence-electron chi connectivity index (χ2n) is 7.94. The molecule has 1 amide bonds. The Balaban J connectivity index is 1.68. The van der Waals surface area contributed by atoms with E-state index in [1.54, 1.807) is 30.6 Å². The number of allylic oxidation sites excluding steroid dienone is 2. The van der Waals surface area contributed by atoms with E-state index in [0.717, 1.165) is 33.4 Å². The molecule has 1 heterocycles. The van der Waals surface area contributed by atoms with Crippen molar-refractivity contribution in [3.63, 3.8) is 0 Å². The van der Waals surface area contributed by atoms with Gasteiger partial charge < -0.3 is 19.9 Å². The molecule has 34 heavy (non-hydrogen) atoms. The highest BCUT2D eigenvalue weighted by Gasteiger charge is 2.26. The Morgan fingerprint density at radius 2 is 1.85 bits per heavy atom. The van der Waals surface area contributed by atoms with Gasteiger partial charge in [0.05, 0.1) is 20.6 Å². The number of carbonyl (C=O) groups is 1. The molecule has 0 fully saturated rings. The first-order valence-electron chi connectivity index (χ1n) is 10.7. The molecule has 0 unspecified atom stereocenters.